The third kappa shape index (κ3) is 4.52. The van der Waals surface area contributed by atoms with Crippen LogP contribution in [-0.4, -0.2) is 26.3 Å². The van der Waals surface area contributed by atoms with E-state index in [1.807, 2.05) is 6.92 Å². The van der Waals surface area contributed by atoms with Crippen LogP contribution in [0.1, 0.15) is 58.8 Å². The third-order valence-corrected chi connectivity index (χ3v) is 6.10. The first-order valence-electron chi connectivity index (χ1n) is 7.24. The Bertz CT molecular complexity index is 318. The Morgan fingerprint density at radius 3 is 2.28 bits per heavy atom. The molecule has 3 N–H and O–H groups in total. The van der Waals surface area contributed by atoms with Gasteiger partial charge in [0.2, 0.25) is 10.0 Å². The van der Waals surface area contributed by atoms with Crippen LogP contribution in [-0.2, 0) is 10.0 Å². The van der Waals surface area contributed by atoms with Crippen molar-refractivity contribution in [2.45, 2.75) is 70.1 Å². The maximum atomic E-state index is 12.1. The molecule has 1 atom stereocenters. The van der Waals surface area contributed by atoms with Crippen LogP contribution in [0.5, 0.6) is 0 Å². The van der Waals surface area contributed by atoms with Gasteiger partial charge in [-0.25, -0.2) is 13.1 Å². The van der Waals surface area contributed by atoms with E-state index in [0.717, 1.165) is 31.6 Å². The van der Waals surface area contributed by atoms with Crippen LogP contribution in [0.25, 0.3) is 0 Å². The van der Waals surface area contributed by atoms with Crippen molar-refractivity contribution < 1.29 is 8.42 Å². The molecule has 1 fully saturated rings. The first-order valence-corrected chi connectivity index (χ1v) is 8.79. The molecule has 0 aromatic heterocycles. The average molecular weight is 276 g/mol. The van der Waals surface area contributed by atoms with Crippen molar-refractivity contribution in [3.8, 4) is 0 Å². The summed E-state index contributed by atoms with van der Waals surface area (Å²) in [6.07, 6.45) is 7.35. The predicted octanol–water partition coefficient (Wildman–Crippen LogP) is 2.00. The summed E-state index contributed by atoms with van der Waals surface area (Å²) < 4.78 is 27.0. The lowest BCUT2D eigenvalue weighted by atomic mass is 9.84. The Labute approximate surface area is 112 Å². The minimum atomic E-state index is -3.23. The largest absolute Gasteiger partial charge is 0.329 e. The van der Waals surface area contributed by atoms with Gasteiger partial charge in [0, 0.05) is 12.6 Å². The van der Waals surface area contributed by atoms with Gasteiger partial charge in [-0.3, -0.25) is 0 Å². The van der Waals surface area contributed by atoms with Crippen molar-refractivity contribution in [1.29, 1.82) is 0 Å². The number of nitrogens with one attached hydrogen (secondary N) is 1. The van der Waals surface area contributed by atoms with Crippen LogP contribution in [0, 0.1) is 5.92 Å². The van der Waals surface area contributed by atoms with E-state index in [2.05, 4.69) is 11.6 Å². The van der Waals surface area contributed by atoms with E-state index in [1.165, 1.54) is 12.8 Å². The molecule has 0 heterocycles. The van der Waals surface area contributed by atoms with Crippen LogP contribution in [0.2, 0.25) is 0 Å². The number of sulfonamides is 1. The van der Waals surface area contributed by atoms with Crippen LogP contribution in [0.3, 0.4) is 0 Å². The van der Waals surface area contributed by atoms with Crippen molar-refractivity contribution in [3.05, 3.63) is 0 Å². The quantitative estimate of drug-likeness (QED) is 0.747. The second-order valence-corrected chi connectivity index (χ2v) is 7.43. The van der Waals surface area contributed by atoms with Gasteiger partial charge in [-0.15, -0.1) is 0 Å². The van der Waals surface area contributed by atoms with E-state index in [9.17, 15) is 8.42 Å². The normalized spacial score (nSPS) is 27.1. The van der Waals surface area contributed by atoms with Crippen molar-refractivity contribution >= 4 is 10.0 Å². The molecule has 1 aliphatic rings. The van der Waals surface area contributed by atoms with Crippen molar-refractivity contribution in [1.82, 2.24) is 4.72 Å². The summed E-state index contributed by atoms with van der Waals surface area (Å²) in [6.45, 7) is 4.29. The van der Waals surface area contributed by atoms with Gasteiger partial charge in [0.15, 0.2) is 0 Å². The summed E-state index contributed by atoms with van der Waals surface area (Å²) in [5.74, 6) is 0.798. The molecule has 0 amide bonds. The minimum Gasteiger partial charge on any atom is -0.329 e. The Hall–Kier alpha value is -0.130. The Morgan fingerprint density at radius 1 is 1.22 bits per heavy atom. The minimum absolute atomic E-state index is 0.128. The summed E-state index contributed by atoms with van der Waals surface area (Å²) in [6, 6.07) is 0.128. The highest BCUT2D eigenvalue weighted by Crippen LogP contribution is 2.28. The summed E-state index contributed by atoms with van der Waals surface area (Å²) >= 11 is 0. The molecule has 1 unspecified atom stereocenters. The Balaban J connectivity index is 2.45. The Kier molecular flexibility index (Phi) is 6.60. The van der Waals surface area contributed by atoms with Gasteiger partial charge < -0.3 is 5.73 Å². The summed E-state index contributed by atoms with van der Waals surface area (Å²) in [5, 5.41) is -0.439. The molecule has 18 heavy (non-hydrogen) atoms. The predicted molar refractivity (Wildman–Crippen MR) is 75.8 cm³/mol. The van der Waals surface area contributed by atoms with E-state index in [4.69, 9.17) is 5.73 Å². The van der Waals surface area contributed by atoms with E-state index < -0.39 is 15.3 Å². The van der Waals surface area contributed by atoms with Gasteiger partial charge in [0.25, 0.3) is 0 Å². The topological polar surface area (TPSA) is 72.2 Å². The molecule has 0 spiro atoms. The molecule has 0 aliphatic heterocycles. The second kappa shape index (κ2) is 7.46. The molecule has 0 aromatic rings. The fourth-order valence-electron chi connectivity index (χ4n) is 2.82. The van der Waals surface area contributed by atoms with E-state index in [0.29, 0.717) is 6.42 Å². The van der Waals surface area contributed by atoms with E-state index in [-0.39, 0.29) is 12.6 Å². The van der Waals surface area contributed by atoms with E-state index in [1.54, 1.807) is 0 Å². The zero-order valence-corrected chi connectivity index (χ0v) is 12.5. The summed E-state index contributed by atoms with van der Waals surface area (Å²) in [7, 11) is -3.23. The fourth-order valence-corrected chi connectivity index (χ4v) is 4.40. The van der Waals surface area contributed by atoms with E-state index >= 15 is 0 Å². The number of nitrogens with two attached hydrogens (primary N) is 1. The molecule has 1 saturated carbocycles. The van der Waals surface area contributed by atoms with Crippen molar-refractivity contribution in [2.24, 2.45) is 11.7 Å². The van der Waals surface area contributed by atoms with Gasteiger partial charge in [0.05, 0.1) is 5.25 Å². The summed E-state index contributed by atoms with van der Waals surface area (Å²) in [4.78, 5) is 0. The fraction of sp³-hybridized carbons (Fsp3) is 1.00. The van der Waals surface area contributed by atoms with Gasteiger partial charge >= 0.3 is 0 Å². The van der Waals surface area contributed by atoms with Crippen LogP contribution in [0.4, 0.5) is 0 Å². The maximum absolute atomic E-state index is 12.1. The lowest BCUT2D eigenvalue weighted by molar-refractivity contribution is 0.296. The smallest absolute Gasteiger partial charge is 0.215 e. The zero-order chi connectivity index (χ0) is 13.6. The average Bonchev–Trinajstić information content (AvgIpc) is 2.33. The molecular formula is C13H28N2O2S. The first kappa shape index (κ1) is 15.9. The third-order valence-electron chi connectivity index (χ3n) is 4.03. The first-order chi connectivity index (χ1) is 8.53. The SMILES string of the molecule is CCCC1CCC(NS(=O)(=O)C(CC)CN)CC1. The highest BCUT2D eigenvalue weighted by atomic mass is 32.2. The van der Waals surface area contributed by atoms with Gasteiger partial charge in [-0.05, 0) is 38.0 Å². The van der Waals surface area contributed by atoms with Gasteiger partial charge in [-0.1, -0.05) is 26.7 Å². The standard InChI is InChI=1S/C13H28N2O2S/c1-3-5-11-6-8-12(9-7-11)15-18(16,17)13(4-2)10-14/h11-13,15H,3-10,14H2,1-2H3. The molecule has 0 aromatic carbocycles. The maximum Gasteiger partial charge on any atom is 0.215 e. The molecule has 0 radical (unpaired) electrons. The number of hydrogen-bond acceptors (Lipinski definition) is 3. The van der Waals surface area contributed by atoms with Crippen molar-refractivity contribution in [3.63, 3.8) is 0 Å². The molecule has 1 aliphatic carbocycles. The monoisotopic (exact) mass is 276 g/mol. The molecule has 108 valence electrons. The summed E-state index contributed by atoms with van der Waals surface area (Å²) in [5.41, 5.74) is 5.52. The zero-order valence-electron chi connectivity index (χ0n) is 11.7. The molecule has 0 bridgehead atoms. The second-order valence-electron chi connectivity index (χ2n) is 5.44. The van der Waals surface area contributed by atoms with Gasteiger partial charge in [-0.2, -0.15) is 0 Å². The van der Waals surface area contributed by atoms with Gasteiger partial charge in [0.1, 0.15) is 0 Å². The molecule has 0 saturated heterocycles. The number of hydrogen-bond donors (Lipinski definition) is 2. The number of rotatable bonds is 7. The van der Waals surface area contributed by atoms with Crippen LogP contribution >= 0.6 is 0 Å². The lowest BCUT2D eigenvalue weighted by Gasteiger charge is -2.29. The molecular weight excluding hydrogens is 248 g/mol. The van der Waals surface area contributed by atoms with Crippen LogP contribution in [0.15, 0.2) is 0 Å². The highest BCUT2D eigenvalue weighted by Gasteiger charge is 2.28. The highest BCUT2D eigenvalue weighted by molar-refractivity contribution is 7.90. The molecule has 4 nitrogen and oxygen atoms in total. The van der Waals surface area contributed by atoms with Crippen LogP contribution < -0.4 is 10.5 Å². The van der Waals surface area contributed by atoms with Crippen molar-refractivity contribution in [2.75, 3.05) is 6.54 Å². The lowest BCUT2D eigenvalue weighted by Crippen LogP contribution is -2.44. The molecule has 1 rings (SSSR count). The Morgan fingerprint density at radius 2 is 1.83 bits per heavy atom. The molecule has 5 heteroatoms.